The van der Waals surface area contributed by atoms with Crippen molar-refractivity contribution in [1.29, 1.82) is 0 Å². The molecule has 0 saturated heterocycles. The number of hydrogen-bond donors (Lipinski definition) is 1. The van der Waals surface area contributed by atoms with Crippen LogP contribution in [-0.4, -0.2) is 11.7 Å². The Balaban J connectivity index is 1.81. The zero-order valence-electron chi connectivity index (χ0n) is 9.94. The summed E-state index contributed by atoms with van der Waals surface area (Å²) in [5, 5.41) is 7.12. The Bertz CT molecular complexity index is 488. The van der Waals surface area contributed by atoms with Crippen molar-refractivity contribution in [2.24, 2.45) is 0 Å². The van der Waals surface area contributed by atoms with Gasteiger partial charge in [-0.15, -0.1) is 0 Å². The van der Waals surface area contributed by atoms with E-state index in [0.29, 0.717) is 6.54 Å². The molecular weight excluding hydrogens is 212 g/mol. The molecule has 0 unspecified atom stereocenters. The summed E-state index contributed by atoms with van der Waals surface area (Å²) in [7, 11) is 0. The summed E-state index contributed by atoms with van der Waals surface area (Å²) in [6.45, 7) is 7.38. The Morgan fingerprint density at radius 2 is 2.12 bits per heavy atom. The first-order valence-corrected chi connectivity index (χ1v) is 5.62. The van der Waals surface area contributed by atoms with Crippen LogP contribution in [0.15, 0.2) is 47.5 Å². The molecule has 88 valence electrons. The molecule has 2 rings (SSSR count). The van der Waals surface area contributed by atoms with Crippen LogP contribution in [0.2, 0.25) is 0 Å². The van der Waals surface area contributed by atoms with Crippen molar-refractivity contribution >= 4 is 5.57 Å². The van der Waals surface area contributed by atoms with Crippen LogP contribution in [0.1, 0.15) is 17.0 Å². The standard InChI is InChI=1S/C14H16N2O/c1-11(13-6-4-3-5-7-13)9-15-10-14-8-12(2)16-17-14/h3-8,15H,1,9-10H2,2H3. The lowest BCUT2D eigenvalue weighted by Crippen LogP contribution is -2.15. The quantitative estimate of drug-likeness (QED) is 0.855. The molecule has 0 bridgehead atoms. The molecule has 1 aromatic carbocycles. The fourth-order valence-corrected chi connectivity index (χ4v) is 1.61. The molecule has 1 N–H and O–H groups in total. The Labute approximate surface area is 101 Å². The van der Waals surface area contributed by atoms with E-state index in [1.165, 1.54) is 0 Å². The van der Waals surface area contributed by atoms with Crippen LogP contribution in [-0.2, 0) is 6.54 Å². The van der Waals surface area contributed by atoms with Gasteiger partial charge in [0.05, 0.1) is 12.2 Å². The summed E-state index contributed by atoms with van der Waals surface area (Å²) in [5.74, 6) is 0.850. The van der Waals surface area contributed by atoms with Crippen LogP contribution < -0.4 is 5.32 Å². The van der Waals surface area contributed by atoms with Crippen LogP contribution in [0.5, 0.6) is 0 Å². The topological polar surface area (TPSA) is 38.1 Å². The van der Waals surface area contributed by atoms with Gasteiger partial charge in [0.1, 0.15) is 0 Å². The fourth-order valence-electron chi connectivity index (χ4n) is 1.61. The maximum atomic E-state index is 5.11. The maximum Gasteiger partial charge on any atom is 0.150 e. The molecule has 1 heterocycles. The van der Waals surface area contributed by atoms with Gasteiger partial charge in [-0.1, -0.05) is 42.1 Å². The van der Waals surface area contributed by atoms with Crippen molar-refractivity contribution in [3.8, 4) is 0 Å². The first-order chi connectivity index (χ1) is 8.25. The summed E-state index contributed by atoms with van der Waals surface area (Å²) in [4.78, 5) is 0. The highest BCUT2D eigenvalue weighted by atomic mass is 16.5. The van der Waals surface area contributed by atoms with E-state index in [1.807, 2.05) is 31.2 Å². The van der Waals surface area contributed by atoms with E-state index >= 15 is 0 Å². The van der Waals surface area contributed by atoms with Crippen LogP contribution in [0.4, 0.5) is 0 Å². The van der Waals surface area contributed by atoms with Crippen molar-refractivity contribution < 1.29 is 4.52 Å². The zero-order valence-corrected chi connectivity index (χ0v) is 9.94. The highest BCUT2D eigenvalue weighted by molar-refractivity contribution is 5.64. The predicted molar refractivity (Wildman–Crippen MR) is 68.4 cm³/mol. The lowest BCUT2D eigenvalue weighted by Gasteiger charge is -2.06. The molecule has 0 amide bonds. The van der Waals surface area contributed by atoms with Crippen molar-refractivity contribution in [2.45, 2.75) is 13.5 Å². The van der Waals surface area contributed by atoms with E-state index in [2.05, 4.69) is 29.2 Å². The minimum absolute atomic E-state index is 0.673. The van der Waals surface area contributed by atoms with Gasteiger partial charge in [-0.2, -0.15) is 0 Å². The molecule has 0 radical (unpaired) electrons. The molecule has 2 aromatic rings. The number of nitrogens with zero attached hydrogens (tertiary/aromatic N) is 1. The number of rotatable bonds is 5. The second-order valence-electron chi connectivity index (χ2n) is 4.01. The highest BCUT2D eigenvalue weighted by Gasteiger charge is 2.01. The third-order valence-corrected chi connectivity index (χ3v) is 2.50. The van der Waals surface area contributed by atoms with Crippen molar-refractivity contribution in [3.63, 3.8) is 0 Å². The van der Waals surface area contributed by atoms with E-state index in [9.17, 15) is 0 Å². The number of hydrogen-bond acceptors (Lipinski definition) is 3. The Hall–Kier alpha value is -1.87. The summed E-state index contributed by atoms with van der Waals surface area (Å²) in [5.41, 5.74) is 3.14. The Kier molecular flexibility index (Phi) is 3.73. The largest absolute Gasteiger partial charge is 0.360 e. The number of aromatic nitrogens is 1. The van der Waals surface area contributed by atoms with E-state index in [0.717, 1.165) is 29.1 Å². The van der Waals surface area contributed by atoms with Gasteiger partial charge in [0.2, 0.25) is 0 Å². The van der Waals surface area contributed by atoms with Crippen molar-refractivity contribution in [3.05, 3.63) is 60.0 Å². The molecule has 0 spiro atoms. The van der Waals surface area contributed by atoms with Crippen molar-refractivity contribution in [2.75, 3.05) is 6.54 Å². The van der Waals surface area contributed by atoms with E-state index in [4.69, 9.17) is 4.52 Å². The third-order valence-electron chi connectivity index (χ3n) is 2.50. The molecule has 0 saturated carbocycles. The van der Waals surface area contributed by atoms with Crippen molar-refractivity contribution in [1.82, 2.24) is 10.5 Å². The SMILES string of the molecule is C=C(CNCc1cc(C)no1)c1ccccc1. The smallest absolute Gasteiger partial charge is 0.150 e. The Morgan fingerprint density at radius 1 is 1.35 bits per heavy atom. The predicted octanol–water partition coefficient (Wildman–Crippen LogP) is 2.79. The van der Waals surface area contributed by atoms with Gasteiger partial charge < -0.3 is 9.84 Å². The monoisotopic (exact) mass is 228 g/mol. The lowest BCUT2D eigenvalue weighted by molar-refractivity contribution is 0.372. The number of nitrogens with one attached hydrogen (secondary N) is 1. The van der Waals surface area contributed by atoms with Gasteiger partial charge in [-0.05, 0) is 18.1 Å². The third kappa shape index (κ3) is 3.29. The van der Waals surface area contributed by atoms with E-state index in [1.54, 1.807) is 0 Å². The van der Waals surface area contributed by atoms with Gasteiger partial charge in [0, 0.05) is 12.6 Å². The average Bonchev–Trinajstić information content (AvgIpc) is 2.76. The maximum absolute atomic E-state index is 5.11. The molecule has 17 heavy (non-hydrogen) atoms. The molecule has 0 atom stereocenters. The zero-order chi connectivity index (χ0) is 12.1. The van der Waals surface area contributed by atoms with Gasteiger partial charge in [-0.3, -0.25) is 0 Å². The summed E-state index contributed by atoms with van der Waals surface area (Å²) in [6.07, 6.45) is 0. The minimum atomic E-state index is 0.673. The summed E-state index contributed by atoms with van der Waals surface area (Å²) in [6, 6.07) is 12.1. The highest BCUT2D eigenvalue weighted by Crippen LogP contribution is 2.10. The van der Waals surface area contributed by atoms with Crippen LogP contribution in [0.3, 0.4) is 0 Å². The Morgan fingerprint density at radius 3 is 2.76 bits per heavy atom. The lowest BCUT2D eigenvalue weighted by atomic mass is 10.1. The first kappa shape index (κ1) is 11.6. The molecule has 1 aromatic heterocycles. The van der Waals surface area contributed by atoms with Crippen LogP contribution >= 0.6 is 0 Å². The van der Waals surface area contributed by atoms with Gasteiger partial charge in [-0.25, -0.2) is 0 Å². The van der Waals surface area contributed by atoms with Gasteiger partial charge >= 0.3 is 0 Å². The molecule has 0 aliphatic carbocycles. The average molecular weight is 228 g/mol. The first-order valence-electron chi connectivity index (χ1n) is 5.62. The summed E-state index contributed by atoms with van der Waals surface area (Å²) >= 11 is 0. The molecule has 0 fully saturated rings. The fraction of sp³-hybridized carbons (Fsp3) is 0.214. The van der Waals surface area contributed by atoms with E-state index in [-0.39, 0.29) is 0 Å². The van der Waals surface area contributed by atoms with Crippen LogP contribution in [0.25, 0.3) is 5.57 Å². The molecule has 3 nitrogen and oxygen atoms in total. The molecular formula is C14H16N2O. The molecule has 0 aliphatic rings. The van der Waals surface area contributed by atoms with E-state index < -0.39 is 0 Å². The molecule has 0 aliphatic heterocycles. The number of benzene rings is 1. The second-order valence-corrected chi connectivity index (χ2v) is 4.01. The summed E-state index contributed by atoms with van der Waals surface area (Å²) < 4.78 is 5.11. The normalized spacial score (nSPS) is 10.4. The number of aryl methyl sites for hydroxylation is 1. The molecule has 3 heteroatoms. The van der Waals surface area contributed by atoms with Gasteiger partial charge in [0.25, 0.3) is 0 Å². The van der Waals surface area contributed by atoms with Gasteiger partial charge in [0.15, 0.2) is 5.76 Å². The van der Waals surface area contributed by atoms with Crippen LogP contribution in [0, 0.1) is 6.92 Å². The second kappa shape index (κ2) is 5.46. The minimum Gasteiger partial charge on any atom is -0.360 e.